The topological polar surface area (TPSA) is 114 Å². The molecule has 1 fully saturated rings. The number of hydrogen-bond acceptors (Lipinski definition) is 6. The summed E-state index contributed by atoms with van der Waals surface area (Å²) < 4.78 is 5.35. The number of amides is 1. The molecule has 0 saturated carbocycles. The molecule has 1 unspecified atom stereocenters. The molecule has 4 rings (SSSR count). The summed E-state index contributed by atoms with van der Waals surface area (Å²) >= 11 is 0. The number of carbonyl (C=O) groups excluding carboxylic acids is 2. The number of likely N-dealkylation sites (tertiary alicyclic amines) is 1. The third-order valence-electron chi connectivity index (χ3n) is 5.17. The smallest absolute Gasteiger partial charge is 0.296 e. The number of carbonyl (C=O) groups is 2. The number of nitro groups is 1. The van der Waals surface area contributed by atoms with Gasteiger partial charge in [-0.2, -0.15) is 0 Å². The van der Waals surface area contributed by atoms with E-state index in [0.717, 1.165) is 5.56 Å². The van der Waals surface area contributed by atoms with Crippen molar-refractivity contribution in [1.29, 1.82) is 0 Å². The lowest BCUT2D eigenvalue weighted by Crippen LogP contribution is -2.29. The Bertz CT molecular complexity index is 1200. The second kappa shape index (κ2) is 7.91. The maximum Gasteiger partial charge on any atom is 0.296 e. The zero-order valence-electron chi connectivity index (χ0n) is 16.5. The average Bonchev–Trinajstić information content (AvgIpc) is 3.36. The van der Waals surface area contributed by atoms with Crippen LogP contribution in [0.3, 0.4) is 0 Å². The molecule has 0 radical (unpaired) electrons. The molecule has 8 nitrogen and oxygen atoms in total. The number of rotatable bonds is 5. The number of nitrogens with zero attached hydrogens (tertiary/aromatic N) is 2. The third-order valence-corrected chi connectivity index (χ3v) is 5.17. The van der Waals surface area contributed by atoms with E-state index >= 15 is 0 Å². The standard InChI is InChI=1S/C23H18N2O6/c1-14-7-9-15(10-8-14)20-19(21(26)16-4-2-5-17(12-16)25(29)30)22(27)23(28)24(20)13-18-6-3-11-31-18/h2-12,20,26H,13H2,1H3/b21-19+. The van der Waals surface area contributed by atoms with Crippen molar-refractivity contribution in [3.8, 4) is 0 Å². The zero-order valence-corrected chi connectivity index (χ0v) is 16.5. The molecular formula is C23H18N2O6. The van der Waals surface area contributed by atoms with Gasteiger partial charge in [-0.1, -0.05) is 42.0 Å². The SMILES string of the molecule is Cc1ccc(C2/C(=C(\O)c3cccc([N+](=O)[O-])c3)C(=O)C(=O)N2Cc2ccco2)cc1. The van der Waals surface area contributed by atoms with E-state index in [2.05, 4.69) is 0 Å². The van der Waals surface area contributed by atoms with Crippen LogP contribution in [0.4, 0.5) is 5.69 Å². The van der Waals surface area contributed by atoms with Crippen molar-refractivity contribution < 1.29 is 24.0 Å². The van der Waals surface area contributed by atoms with E-state index in [9.17, 15) is 24.8 Å². The van der Waals surface area contributed by atoms with Crippen LogP contribution >= 0.6 is 0 Å². The van der Waals surface area contributed by atoms with Crippen LogP contribution in [-0.2, 0) is 16.1 Å². The summed E-state index contributed by atoms with van der Waals surface area (Å²) in [5.41, 5.74) is 1.35. The van der Waals surface area contributed by atoms with Crippen LogP contribution in [0.15, 0.2) is 76.9 Å². The van der Waals surface area contributed by atoms with Gasteiger partial charge in [0.1, 0.15) is 11.5 Å². The van der Waals surface area contributed by atoms with Crippen molar-refractivity contribution in [3.63, 3.8) is 0 Å². The van der Waals surface area contributed by atoms with Crippen LogP contribution < -0.4 is 0 Å². The van der Waals surface area contributed by atoms with Gasteiger partial charge in [-0.15, -0.1) is 0 Å². The van der Waals surface area contributed by atoms with Crippen molar-refractivity contribution in [1.82, 2.24) is 4.90 Å². The summed E-state index contributed by atoms with van der Waals surface area (Å²) in [5, 5.41) is 22.1. The van der Waals surface area contributed by atoms with Gasteiger partial charge in [0.15, 0.2) is 0 Å². The van der Waals surface area contributed by atoms with Crippen molar-refractivity contribution in [2.45, 2.75) is 19.5 Å². The maximum absolute atomic E-state index is 13.0. The van der Waals surface area contributed by atoms with Gasteiger partial charge in [-0.3, -0.25) is 19.7 Å². The Morgan fingerprint density at radius 1 is 1.13 bits per heavy atom. The predicted molar refractivity (Wildman–Crippen MR) is 111 cm³/mol. The summed E-state index contributed by atoms with van der Waals surface area (Å²) in [6.07, 6.45) is 1.47. The Morgan fingerprint density at radius 2 is 1.87 bits per heavy atom. The quantitative estimate of drug-likeness (QED) is 0.219. The van der Waals surface area contributed by atoms with Gasteiger partial charge < -0.3 is 14.4 Å². The van der Waals surface area contributed by atoms with Gasteiger partial charge in [0.05, 0.1) is 29.3 Å². The highest BCUT2D eigenvalue weighted by Crippen LogP contribution is 2.40. The van der Waals surface area contributed by atoms with Gasteiger partial charge in [-0.05, 0) is 24.6 Å². The fourth-order valence-corrected chi connectivity index (χ4v) is 3.63. The van der Waals surface area contributed by atoms with Crippen molar-refractivity contribution in [3.05, 3.63) is 105 Å². The lowest BCUT2D eigenvalue weighted by atomic mass is 9.94. The van der Waals surface area contributed by atoms with Crippen LogP contribution in [0.5, 0.6) is 0 Å². The molecule has 3 aromatic rings. The first kappa shape index (κ1) is 20.1. The molecule has 2 heterocycles. The minimum absolute atomic E-state index is 0.0296. The third kappa shape index (κ3) is 3.71. The number of non-ortho nitro benzene ring substituents is 1. The number of benzene rings is 2. The Balaban J connectivity index is 1.87. The highest BCUT2D eigenvalue weighted by atomic mass is 16.6. The van der Waals surface area contributed by atoms with E-state index in [1.54, 1.807) is 24.3 Å². The van der Waals surface area contributed by atoms with Gasteiger partial charge in [0.2, 0.25) is 0 Å². The molecule has 0 bridgehead atoms. The molecule has 1 amide bonds. The summed E-state index contributed by atoms with van der Waals surface area (Å²) in [6, 6.07) is 15.0. The Hall–Kier alpha value is -4.20. The van der Waals surface area contributed by atoms with E-state index < -0.39 is 28.4 Å². The Kier molecular flexibility index (Phi) is 5.12. The molecule has 1 saturated heterocycles. The van der Waals surface area contributed by atoms with Crippen LogP contribution in [0.1, 0.15) is 28.5 Å². The molecule has 156 valence electrons. The fourth-order valence-electron chi connectivity index (χ4n) is 3.63. The number of Topliss-reactive ketones (excluding diaryl/α,β-unsaturated/α-hetero) is 1. The highest BCUT2D eigenvalue weighted by Gasteiger charge is 2.46. The molecule has 0 spiro atoms. The summed E-state index contributed by atoms with van der Waals surface area (Å²) in [6.45, 7) is 1.94. The van der Waals surface area contributed by atoms with E-state index in [1.165, 1.54) is 35.4 Å². The molecule has 31 heavy (non-hydrogen) atoms. The summed E-state index contributed by atoms with van der Waals surface area (Å²) in [7, 11) is 0. The lowest BCUT2D eigenvalue weighted by Gasteiger charge is -2.24. The first-order valence-corrected chi connectivity index (χ1v) is 9.49. The van der Waals surface area contributed by atoms with E-state index in [4.69, 9.17) is 4.42 Å². The molecule has 2 aromatic carbocycles. The van der Waals surface area contributed by atoms with Crippen LogP contribution in [0.25, 0.3) is 5.76 Å². The van der Waals surface area contributed by atoms with E-state index in [-0.39, 0.29) is 23.4 Å². The zero-order chi connectivity index (χ0) is 22.1. The minimum Gasteiger partial charge on any atom is -0.507 e. The van der Waals surface area contributed by atoms with Gasteiger partial charge in [0, 0.05) is 17.7 Å². The van der Waals surface area contributed by atoms with E-state index in [1.807, 2.05) is 19.1 Å². The first-order valence-electron chi connectivity index (χ1n) is 9.49. The fraction of sp³-hybridized carbons (Fsp3) is 0.130. The monoisotopic (exact) mass is 418 g/mol. The molecular weight excluding hydrogens is 400 g/mol. The first-order chi connectivity index (χ1) is 14.9. The van der Waals surface area contributed by atoms with Crippen LogP contribution in [0.2, 0.25) is 0 Å². The summed E-state index contributed by atoms with van der Waals surface area (Å²) in [5.74, 6) is -1.63. The highest BCUT2D eigenvalue weighted by molar-refractivity contribution is 6.46. The lowest BCUT2D eigenvalue weighted by molar-refractivity contribution is -0.384. The number of hydrogen-bond donors (Lipinski definition) is 1. The van der Waals surface area contributed by atoms with Crippen LogP contribution in [-0.4, -0.2) is 26.6 Å². The van der Waals surface area contributed by atoms with Crippen LogP contribution in [0, 0.1) is 17.0 Å². The molecule has 8 heteroatoms. The number of aryl methyl sites for hydroxylation is 1. The number of furan rings is 1. The largest absolute Gasteiger partial charge is 0.507 e. The van der Waals surface area contributed by atoms with Gasteiger partial charge >= 0.3 is 0 Å². The van der Waals surface area contributed by atoms with Crippen molar-refractivity contribution in [2.24, 2.45) is 0 Å². The molecule has 1 aliphatic rings. The Labute approximate surface area is 177 Å². The van der Waals surface area contributed by atoms with Crippen molar-refractivity contribution >= 4 is 23.1 Å². The van der Waals surface area contributed by atoms with Gasteiger partial charge in [-0.25, -0.2) is 0 Å². The average molecular weight is 418 g/mol. The van der Waals surface area contributed by atoms with Gasteiger partial charge in [0.25, 0.3) is 17.4 Å². The predicted octanol–water partition coefficient (Wildman–Crippen LogP) is 4.12. The Morgan fingerprint density at radius 3 is 2.52 bits per heavy atom. The number of ketones is 1. The van der Waals surface area contributed by atoms with Crippen molar-refractivity contribution in [2.75, 3.05) is 0 Å². The normalized spacial score (nSPS) is 17.8. The maximum atomic E-state index is 13.0. The second-order valence-corrected chi connectivity index (χ2v) is 7.22. The summed E-state index contributed by atoms with van der Waals surface area (Å²) in [4.78, 5) is 37.7. The number of nitro benzene ring substituents is 1. The molecule has 1 atom stereocenters. The number of aliphatic hydroxyl groups excluding tert-OH is 1. The number of aliphatic hydroxyl groups is 1. The molecule has 1 aromatic heterocycles. The molecule has 0 aliphatic carbocycles. The van der Waals surface area contributed by atoms with E-state index in [0.29, 0.717) is 11.3 Å². The molecule has 1 aliphatic heterocycles. The molecule has 1 N–H and O–H groups in total. The second-order valence-electron chi connectivity index (χ2n) is 7.22. The minimum atomic E-state index is -0.870.